The first-order valence-corrected chi connectivity index (χ1v) is 9.52. The van der Waals surface area contributed by atoms with Crippen LogP contribution >= 0.6 is 0 Å². The van der Waals surface area contributed by atoms with Crippen molar-refractivity contribution in [1.29, 1.82) is 0 Å². The number of sulfone groups is 1. The molecule has 1 amide bonds. The Kier molecular flexibility index (Phi) is 4.22. The van der Waals surface area contributed by atoms with E-state index in [2.05, 4.69) is 0 Å². The van der Waals surface area contributed by atoms with Crippen molar-refractivity contribution >= 4 is 15.7 Å². The van der Waals surface area contributed by atoms with Gasteiger partial charge in [0.15, 0.2) is 9.84 Å². The zero-order valence-corrected chi connectivity index (χ0v) is 13.8. The molecule has 0 aliphatic carbocycles. The van der Waals surface area contributed by atoms with E-state index in [0.717, 1.165) is 31.2 Å². The molecule has 0 spiro atoms. The first-order valence-electron chi connectivity index (χ1n) is 7.63. The van der Waals surface area contributed by atoms with Gasteiger partial charge in [0.2, 0.25) is 0 Å². The minimum Gasteiger partial charge on any atom is -0.332 e. The monoisotopic (exact) mass is 329 g/mol. The molecule has 5 heteroatoms. The topological polar surface area (TPSA) is 54.5 Å². The summed E-state index contributed by atoms with van der Waals surface area (Å²) in [6.07, 6.45) is 3.10. The van der Waals surface area contributed by atoms with E-state index in [9.17, 15) is 13.2 Å². The summed E-state index contributed by atoms with van der Waals surface area (Å²) in [6, 6.07) is 16.3. The van der Waals surface area contributed by atoms with Gasteiger partial charge in [0, 0.05) is 18.4 Å². The molecule has 2 aromatic rings. The second kappa shape index (κ2) is 6.16. The maximum absolute atomic E-state index is 12.8. The third-order valence-corrected chi connectivity index (χ3v) is 5.36. The van der Waals surface area contributed by atoms with Crippen LogP contribution in [-0.2, 0) is 9.84 Å². The first kappa shape index (κ1) is 15.7. The van der Waals surface area contributed by atoms with E-state index in [0.29, 0.717) is 5.56 Å². The lowest BCUT2D eigenvalue weighted by molar-refractivity contribution is 0.0735. The quantitative estimate of drug-likeness (QED) is 0.869. The molecule has 1 saturated heterocycles. The van der Waals surface area contributed by atoms with Crippen LogP contribution in [0.4, 0.5) is 0 Å². The molecule has 4 nitrogen and oxygen atoms in total. The summed E-state index contributed by atoms with van der Waals surface area (Å²) in [5.41, 5.74) is 1.67. The van der Waals surface area contributed by atoms with Gasteiger partial charge in [0.1, 0.15) is 0 Å². The Morgan fingerprint density at radius 1 is 1.04 bits per heavy atom. The molecule has 0 N–H and O–H groups in total. The smallest absolute Gasteiger partial charge is 0.254 e. The molecular weight excluding hydrogens is 310 g/mol. The van der Waals surface area contributed by atoms with Crippen LogP contribution in [0.25, 0.3) is 0 Å². The summed E-state index contributed by atoms with van der Waals surface area (Å²) in [7, 11) is -3.24. The number of benzene rings is 2. The van der Waals surface area contributed by atoms with Gasteiger partial charge < -0.3 is 4.90 Å². The number of amides is 1. The minimum atomic E-state index is -3.24. The Hall–Kier alpha value is -2.14. The Balaban J connectivity index is 1.85. The lowest BCUT2D eigenvalue weighted by Crippen LogP contribution is -2.30. The van der Waals surface area contributed by atoms with Gasteiger partial charge in [0.05, 0.1) is 10.9 Å². The maximum atomic E-state index is 12.8. The summed E-state index contributed by atoms with van der Waals surface area (Å²) >= 11 is 0. The van der Waals surface area contributed by atoms with Crippen LogP contribution in [0.5, 0.6) is 0 Å². The lowest BCUT2D eigenvalue weighted by atomic mass is 10.0. The Labute approximate surface area is 136 Å². The number of carbonyl (C=O) groups is 1. The van der Waals surface area contributed by atoms with Crippen LogP contribution in [0.15, 0.2) is 59.5 Å². The molecule has 1 aliphatic heterocycles. The van der Waals surface area contributed by atoms with Gasteiger partial charge in [-0.3, -0.25) is 4.79 Å². The molecule has 0 radical (unpaired) electrons. The van der Waals surface area contributed by atoms with Gasteiger partial charge in [0.25, 0.3) is 5.91 Å². The van der Waals surface area contributed by atoms with Crippen molar-refractivity contribution in [2.45, 2.75) is 23.8 Å². The second-order valence-corrected chi connectivity index (χ2v) is 7.88. The molecule has 0 aromatic heterocycles. The van der Waals surface area contributed by atoms with E-state index in [1.165, 1.54) is 12.1 Å². The molecule has 1 fully saturated rings. The Morgan fingerprint density at radius 2 is 1.70 bits per heavy atom. The lowest BCUT2D eigenvalue weighted by Gasteiger charge is -2.25. The second-order valence-electron chi connectivity index (χ2n) is 5.86. The van der Waals surface area contributed by atoms with Gasteiger partial charge in [-0.1, -0.05) is 30.3 Å². The number of likely N-dealkylation sites (tertiary alicyclic amines) is 1. The first-order chi connectivity index (χ1) is 11.0. The average molecular weight is 329 g/mol. The predicted molar refractivity (Wildman–Crippen MR) is 89.0 cm³/mol. The van der Waals surface area contributed by atoms with Crippen molar-refractivity contribution in [3.05, 3.63) is 65.7 Å². The summed E-state index contributed by atoms with van der Waals surface area (Å²) in [5.74, 6) is -0.0450. The van der Waals surface area contributed by atoms with Crippen LogP contribution in [0.2, 0.25) is 0 Å². The molecule has 2 aromatic carbocycles. The van der Waals surface area contributed by atoms with Gasteiger partial charge in [-0.2, -0.15) is 0 Å². The van der Waals surface area contributed by atoms with E-state index in [4.69, 9.17) is 0 Å². The highest BCUT2D eigenvalue weighted by atomic mass is 32.2. The van der Waals surface area contributed by atoms with Crippen LogP contribution in [-0.4, -0.2) is 32.0 Å². The molecule has 1 heterocycles. The fourth-order valence-corrected chi connectivity index (χ4v) is 3.67. The number of hydrogen-bond acceptors (Lipinski definition) is 3. The average Bonchev–Trinajstić information content (AvgIpc) is 3.04. The van der Waals surface area contributed by atoms with Crippen LogP contribution in [0, 0.1) is 0 Å². The highest BCUT2D eigenvalue weighted by Crippen LogP contribution is 2.33. The molecule has 3 rings (SSSR count). The molecule has 1 atom stereocenters. The van der Waals surface area contributed by atoms with Crippen molar-refractivity contribution < 1.29 is 13.2 Å². The standard InChI is InChI=1S/C18H19NO3S/c1-23(21,22)16-11-9-15(10-12-16)18(20)19-13-5-8-17(19)14-6-3-2-4-7-14/h2-4,6-7,9-12,17H,5,8,13H2,1H3. The van der Waals surface area contributed by atoms with E-state index in [1.807, 2.05) is 35.2 Å². The van der Waals surface area contributed by atoms with Crippen LogP contribution < -0.4 is 0 Å². The van der Waals surface area contributed by atoms with Crippen molar-refractivity contribution in [1.82, 2.24) is 4.90 Å². The molecule has 120 valence electrons. The van der Waals surface area contributed by atoms with Crippen molar-refractivity contribution in [3.63, 3.8) is 0 Å². The Morgan fingerprint density at radius 3 is 2.30 bits per heavy atom. The highest BCUT2D eigenvalue weighted by molar-refractivity contribution is 7.90. The highest BCUT2D eigenvalue weighted by Gasteiger charge is 2.30. The molecule has 1 unspecified atom stereocenters. The zero-order valence-electron chi connectivity index (χ0n) is 13.0. The fourth-order valence-electron chi connectivity index (χ4n) is 3.04. The maximum Gasteiger partial charge on any atom is 0.254 e. The van der Waals surface area contributed by atoms with Crippen molar-refractivity contribution in [2.75, 3.05) is 12.8 Å². The third kappa shape index (κ3) is 3.29. The summed E-state index contributed by atoms with van der Waals surface area (Å²) in [5, 5.41) is 0. The number of hydrogen-bond donors (Lipinski definition) is 0. The predicted octanol–water partition coefficient (Wildman–Crippen LogP) is 3.07. The molecule has 0 bridgehead atoms. The van der Waals surface area contributed by atoms with E-state index >= 15 is 0 Å². The van der Waals surface area contributed by atoms with Gasteiger partial charge in [-0.15, -0.1) is 0 Å². The Bertz CT molecular complexity index is 798. The third-order valence-electron chi connectivity index (χ3n) is 4.23. The van der Waals surface area contributed by atoms with Crippen LogP contribution in [0.3, 0.4) is 0 Å². The largest absolute Gasteiger partial charge is 0.332 e. The molecular formula is C18H19NO3S. The van der Waals surface area contributed by atoms with Gasteiger partial charge in [-0.05, 0) is 42.7 Å². The summed E-state index contributed by atoms with van der Waals surface area (Å²) in [6.45, 7) is 0.728. The van der Waals surface area contributed by atoms with E-state index in [1.54, 1.807) is 12.1 Å². The van der Waals surface area contributed by atoms with Crippen molar-refractivity contribution in [3.8, 4) is 0 Å². The minimum absolute atomic E-state index is 0.0450. The fraction of sp³-hybridized carbons (Fsp3) is 0.278. The number of rotatable bonds is 3. The molecule has 23 heavy (non-hydrogen) atoms. The summed E-state index contributed by atoms with van der Waals surface area (Å²) in [4.78, 5) is 14.9. The summed E-state index contributed by atoms with van der Waals surface area (Å²) < 4.78 is 23.0. The number of nitrogens with zero attached hydrogens (tertiary/aromatic N) is 1. The van der Waals surface area contributed by atoms with Gasteiger partial charge in [-0.25, -0.2) is 8.42 Å². The van der Waals surface area contributed by atoms with Crippen molar-refractivity contribution in [2.24, 2.45) is 0 Å². The normalized spacial score (nSPS) is 18.1. The molecule has 0 saturated carbocycles. The zero-order chi connectivity index (χ0) is 16.4. The van der Waals surface area contributed by atoms with Gasteiger partial charge >= 0.3 is 0 Å². The number of carbonyl (C=O) groups excluding carboxylic acids is 1. The molecule has 1 aliphatic rings. The van der Waals surface area contributed by atoms with Crippen LogP contribution in [0.1, 0.15) is 34.8 Å². The van der Waals surface area contributed by atoms with E-state index in [-0.39, 0.29) is 16.8 Å². The SMILES string of the molecule is CS(=O)(=O)c1ccc(C(=O)N2CCCC2c2ccccc2)cc1. The van der Waals surface area contributed by atoms with E-state index < -0.39 is 9.84 Å².